The van der Waals surface area contributed by atoms with Gasteiger partial charge in [-0.1, -0.05) is 20.3 Å². The van der Waals surface area contributed by atoms with Gasteiger partial charge in [-0.3, -0.25) is 19.2 Å². The van der Waals surface area contributed by atoms with Gasteiger partial charge in [0.1, 0.15) is 24.2 Å². The van der Waals surface area contributed by atoms with Gasteiger partial charge in [-0.2, -0.15) is 11.8 Å². The number of rotatable bonds is 15. The molecule has 0 heterocycles. The van der Waals surface area contributed by atoms with Crippen LogP contribution in [-0.2, 0) is 24.0 Å². The fourth-order valence-corrected chi connectivity index (χ4v) is 3.05. The van der Waals surface area contributed by atoms with Crippen molar-refractivity contribution in [3.05, 3.63) is 0 Å². The molecule has 0 aliphatic carbocycles. The van der Waals surface area contributed by atoms with Crippen molar-refractivity contribution in [2.24, 2.45) is 11.7 Å². The van der Waals surface area contributed by atoms with E-state index in [1.165, 1.54) is 18.7 Å². The van der Waals surface area contributed by atoms with Crippen LogP contribution < -0.4 is 21.7 Å². The number of nitrogens with two attached hydrogens (primary N) is 1. The molecular formula is C19H34N4O8S. The highest BCUT2D eigenvalue weighted by atomic mass is 32.2. The van der Waals surface area contributed by atoms with Gasteiger partial charge in [0.15, 0.2) is 0 Å². The fourth-order valence-electron chi connectivity index (χ4n) is 2.58. The number of amides is 3. The van der Waals surface area contributed by atoms with E-state index in [0.29, 0.717) is 12.2 Å². The molecule has 6 atom stereocenters. The van der Waals surface area contributed by atoms with Gasteiger partial charge in [-0.05, 0) is 31.3 Å². The summed E-state index contributed by atoms with van der Waals surface area (Å²) in [7, 11) is 0. The summed E-state index contributed by atoms with van der Waals surface area (Å²) >= 11 is 1.39. The highest BCUT2D eigenvalue weighted by molar-refractivity contribution is 7.98. The van der Waals surface area contributed by atoms with E-state index in [4.69, 9.17) is 15.9 Å². The van der Waals surface area contributed by atoms with Gasteiger partial charge >= 0.3 is 11.9 Å². The first-order valence-electron chi connectivity index (χ1n) is 10.1. The minimum Gasteiger partial charge on any atom is -0.481 e. The molecule has 0 aliphatic rings. The van der Waals surface area contributed by atoms with Crippen molar-refractivity contribution in [3.8, 4) is 0 Å². The molecule has 0 bridgehead atoms. The van der Waals surface area contributed by atoms with E-state index < -0.39 is 66.4 Å². The fraction of sp³-hybridized carbons (Fsp3) is 0.737. The first kappa shape index (κ1) is 29.6. The highest BCUT2D eigenvalue weighted by Gasteiger charge is 2.33. The Hall–Kier alpha value is -2.38. The van der Waals surface area contributed by atoms with Crippen LogP contribution >= 0.6 is 11.8 Å². The van der Waals surface area contributed by atoms with Crippen molar-refractivity contribution in [3.63, 3.8) is 0 Å². The Bertz CT molecular complexity index is 676. The van der Waals surface area contributed by atoms with Crippen LogP contribution in [0.4, 0.5) is 0 Å². The molecule has 3 amide bonds. The number of carboxylic acids is 2. The normalized spacial score (nSPS) is 16.6. The lowest BCUT2D eigenvalue weighted by Crippen LogP contribution is -2.59. The minimum atomic E-state index is -1.66. The van der Waals surface area contributed by atoms with Crippen molar-refractivity contribution >= 4 is 41.4 Å². The minimum absolute atomic E-state index is 0.145. The number of aliphatic hydroxyl groups is 1. The molecule has 12 nitrogen and oxygen atoms in total. The highest BCUT2D eigenvalue weighted by Crippen LogP contribution is 2.10. The van der Waals surface area contributed by atoms with Crippen LogP contribution in [0.3, 0.4) is 0 Å². The molecule has 32 heavy (non-hydrogen) atoms. The number of aliphatic carboxylic acids is 2. The van der Waals surface area contributed by atoms with Gasteiger partial charge < -0.3 is 37.0 Å². The summed E-state index contributed by atoms with van der Waals surface area (Å²) in [6.07, 6.45) is 0.461. The van der Waals surface area contributed by atoms with Gasteiger partial charge in [-0.15, -0.1) is 0 Å². The lowest BCUT2D eigenvalue weighted by molar-refractivity contribution is -0.147. The molecule has 0 fully saturated rings. The van der Waals surface area contributed by atoms with E-state index in [0.717, 1.165) is 0 Å². The molecule has 0 aromatic heterocycles. The van der Waals surface area contributed by atoms with E-state index in [2.05, 4.69) is 16.0 Å². The third-order valence-electron chi connectivity index (χ3n) is 4.85. The van der Waals surface area contributed by atoms with Crippen LogP contribution in [-0.4, -0.2) is 87.3 Å². The Morgan fingerprint density at radius 1 is 0.938 bits per heavy atom. The van der Waals surface area contributed by atoms with Crippen LogP contribution in [0.1, 0.15) is 40.0 Å². The summed E-state index contributed by atoms with van der Waals surface area (Å²) in [6, 6.07) is -5.13. The Morgan fingerprint density at radius 3 is 1.94 bits per heavy atom. The van der Waals surface area contributed by atoms with Crippen molar-refractivity contribution < 1.29 is 39.3 Å². The zero-order valence-corrected chi connectivity index (χ0v) is 19.5. The first-order chi connectivity index (χ1) is 14.8. The van der Waals surface area contributed by atoms with Gasteiger partial charge in [0.05, 0.1) is 12.5 Å². The van der Waals surface area contributed by atoms with E-state index >= 15 is 0 Å². The number of thioether (sulfide) groups is 1. The molecular weight excluding hydrogens is 444 g/mol. The van der Waals surface area contributed by atoms with Gasteiger partial charge in [0.25, 0.3) is 0 Å². The van der Waals surface area contributed by atoms with Crippen LogP contribution in [0.15, 0.2) is 0 Å². The Kier molecular flexibility index (Phi) is 13.5. The molecule has 0 radical (unpaired) electrons. The zero-order valence-electron chi connectivity index (χ0n) is 18.7. The van der Waals surface area contributed by atoms with Crippen LogP contribution in [0.5, 0.6) is 0 Å². The lowest BCUT2D eigenvalue weighted by Gasteiger charge is -2.28. The Labute approximate surface area is 191 Å². The largest absolute Gasteiger partial charge is 0.481 e. The average molecular weight is 479 g/mol. The van der Waals surface area contributed by atoms with E-state index in [9.17, 15) is 29.1 Å². The predicted octanol–water partition coefficient (Wildman–Crippen LogP) is -1.49. The molecule has 6 unspecified atom stereocenters. The van der Waals surface area contributed by atoms with Crippen molar-refractivity contribution in [2.45, 2.75) is 70.3 Å². The SMILES string of the molecule is CCC(C)C(NC(=O)C(N)C(C)O)C(=O)NC(CCSC)C(=O)NC(CC(=O)O)C(=O)O. The number of carbonyl (C=O) groups is 5. The summed E-state index contributed by atoms with van der Waals surface area (Å²) in [5, 5.41) is 34.6. The molecule has 0 spiro atoms. The number of aliphatic hydroxyl groups excluding tert-OH is 1. The molecule has 0 rings (SSSR count). The summed E-state index contributed by atoms with van der Waals surface area (Å²) in [5.41, 5.74) is 5.62. The Balaban J connectivity index is 5.54. The molecule has 0 aliphatic heterocycles. The van der Waals surface area contributed by atoms with Crippen molar-refractivity contribution in [2.75, 3.05) is 12.0 Å². The standard InChI is InChI=1S/C19H34N4O8S/c1-5-9(2)15(23-17(28)14(20)10(3)24)18(29)21-11(6-7-32-4)16(27)22-12(19(30)31)8-13(25)26/h9-12,14-15,24H,5-8,20H2,1-4H3,(H,21,29)(H,22,27)(H,23,28)(H,25,26)(H,30,31). The first-order valence-corrected chi connectivity index (χ1v) is 11.5. The number of hydrogen-bond donors (Lipinski definition) is 7. The maximum absolute atomic E-state index is 12.9. The van der Waals surface area contributed by atoms with Crippen LogP contribution in [0.25, 0.3) is 0 Å². The number of nitrogens with one attached hydrogen (secondary N) is 3. The maximum atomic E-state index is 12.9. The second-order valence-electron chi connectivity index (χ2n) is 7.48. The summed E-state index contributed by atoms with van der Waals surface area (Å²) < 4.78 is 0. The Morgan fingerprint density at radius 2 is 1.50 bits per heavy atom. The monoisotopic (exact) mass is 478 g/mol. The van der Waals surface area contributed by atoms with E-state index in [1.807, 2.05) is 0 Å². The van der Waals surface area contributed by atoms with Crippen molar-refractivity contribution in [1.29, 1.82) is 0 Å². The second-order valence-corrected chi connectivity index (χ2v) is 8.46. The molecule has 0 aromatic carbocycles. The van der Waals surface area contributed by atoms with Gasteiger partial charge in [0.2, 0.25) is 17.7 Å². The van der Waals surface area contributed by atoms with Gasteiger partial charge in [-0.25, -0.2) is 4.79 Å². The van der Waals surface area contributed by atoms with Crippen LogP contribution in [0, 0.1) is 5.92 Å². The second kappa shape index (κ2) is 14.6. The summed E-state index contributed by atoms with van der Waals surface area (Å²) in [4.78, 5) is 59.9. The van der Waals surface area contributed by atoms with E-state index in [1.54, 1.807) is 20.1 Å². The van der Waals surface area contributed by atoms with Gasteiger partial charge in [0, 0.05) is 0 Å². The number of hydrogen-bond acceptors (Lipinski definition) is 8. The smallest absolute Gasteiger partial charge is 0.326 e. The number of carbonyl (C=O) groups excluding carboxylic acids is 3. The van der Waals surface area contributed by atoms with Crippen molar-refractivity contribution in [1.82, 2.24) is 16.0 Å². The zero-order chi connectivity index (χ0) is 25.0. The molecule has 8 N–H and O–H groups in total. The number of carboxylic acid groups (broad SMARTS) is 2. The topological polar surface area (TPSA) is 208 Å². The lowest BCUT2D eigenvalue weighted by atomic mass is 9.97. The molecule has 0 aromatic rings. The molecule has 13 heteroatoms. The molecule has 0 saturated heterocycles. The van der Waals surface area contributed by atoms with Crippen LogP contribution in [0.2, 0.25) is 0 Å². The maximum Gasteiger partial charge on any atom is 0.326 e. The summed E-state index contributed by atoms with van der Waals surface area (Å²) in [6.45, 7) is 4.84. The molecule has 0 saturated carbocycles. The third-order valence-corrected chi connectivity index (χ3v) is 5.50. The average Bonchev–Trinajstić information content (AvgIpc) is 2.72. The third kappa shape index (κ3) is 10.3. The molecule has 184 valence electrons. The van der Waals surface area contributed by atoms with E-state index in [-0.39, 0.29) is 12.3 Å². The predicted molar refractivity (Wildman–Crippen MR) is 118 cm³/mol. The summed E-state index contributed by atoms with van der Waals surface area (Å²) in [5.74, 6) is -5.10. The quantitative estimate of drug-likeness (QED) is 0.145.